The number of hydrogen-bond acceptors (Lipinski definition) is 4. The first-order valence-electron chi connectivity index (χ1n) is 7.31. The van der Waals surface area contributed by atoms with Gasteiger partial charge in [0.25, 0.3) is 5.69 Å². The van der Waals surface area contributed by atoms with E-state index in [2.05, 4.69) is 10.2 Å². The molecular formula is C15H21N3O2. The molecule has 0 spiro atoms. The van der Waals surface area contributed by atoms with Crippen LogP contribution in [0.5, 0.6) is 0 Å². The summed E-state index contributed by atoms with van der Waals surface area (Å²) in [6.07, 6.45) is 3.86. The molecular weight excluding hydrogens is 254 g/mol. The van der Waals surface area contributed by atoms with Gasteiger partial charge in [0.15, 0.2) is 0 Å². The molecule has 1 saturated heterocycles. The third-order valence-electron chi connectivity index (χ3n) is 4.38. The van der Waals surface area contributed by atoms with Gasteiger partial charge < -0.3 is 5.32 Å². The number of nitro groups is 1. The van der Waals surface area contributed by atoms with Gasteiger partial charge in [0.1, 0.15) is 0 Å². The maximum Gasteiger partial charge on any atom is 0.272 e. The molecule has 20 heavy (non-hydrogen) atoms. The fourth-order valence-electron chi connectivity index (χ4n) is 3.05. The number of anilines is 1. The predicted molar refractivity (Wildman–Crippen MR) is 79.2 cm³/mol. The lowest BCUT2D eigenvalue weighted by atomic mass is 10.1. The molecule has 1 N–H and O–H groups in total. The van der Waals surface area contributed by atoms with E-state index in [0.717, 1.165) is 35.8 Å². The average Bonchev–Trinajstić information content (AvgIpc) is 3.14. The average molecular weight is 275 g/mol. The van der Waals surface area contributed by atoms with Crippen LogP contribution in [0, 0.1) is 24.0 Å². The molecule has 1 aliphatic carbocycles. The summed E-state index contributed by atoms with van der Waals surface area (Å²) in [5.41, 5.74) is 2.92. The molecule has 108 valence electrons. The second-order valence-electron chi connectivity index (χ2n) is 6.07. The molecule has 5 nitrogen and oxygen atoms in total. The molecule has 1 aromatic rings. The van der Waals surface area contributed by atoms with Crippen molar-refractivity contribution in [3.63, 3.8) is 0 Å². The zero-order valence-electron chi connectivity index (χ0n) is 12.1. The van der Waals surface area contributed by atoms with Crippen molar-refractivity contribution in [3.8, 4) is 0 Å². The van der Waals surface area contributed by atoms with Crippen LogP contribution < -0.4 is 5.32 Å². The summed E-state index contributed by atoms with van der Waals surface area (Å²) in [5, 5.41) is 14.5. The highest BCUT2D eigenvalue weighted by Crippen LogP contribution is 2.32. The number of rotatable bonds is 4. The van der Waals surface area contributed by atoms with Crippen LogP contribution in [0.25, 0.3) is 0 Å². The molecule has 1 aromatic carbocycles. The Hall–Kier alpha value is -1.62. The van der Waals surface area contributed by atoms with Crippen molar-refractivity contribution >= 4 is 11.4 Å². The number of aryl methyl sites for hydroxylation is 2. The lowest BCUT2D eigenvalue weighted by molar-refractivity contribution is -0.385. The number of nitrogens with zero attached hydrogens (tertiary/aromatic N) is 2. The molecule has 1 saturated carbocycles. The third kappa shape index (κ3) is 2.63. The van der Waals surface area contributed by atoms with E-state index in [4.69, 9.17) is 0 Å². The van der Waals surface area contributed by atoms with Gasteiger partial charge in [0, 0.05) is 42.5 Å². The van der Waals surface area contributed by atoms with E-state index in [1.165, 1.54) is 19.4 Å². The quantitative estimate of drug-likeness (QED) is 0.678. The van der Waals surface area contributed by atoms with Gasteiger partial charge >= 0.3 is 0 Å². The first kappa shape index (κ1) is 13.4. The fraction of sp³-hybridized carbons (Fsp3) is 0.600. The molecule has 3 rings (SSSR count). The molecule has 1 aliphatic heterocycles. The summed E-state index contributed by atoms with van der Waals surface area (Å²) in [7, 11) is 0. The number of likely N-dealkylation sites (tertiary alicyclic amines) is 1. The first-order chi connectivity index (χ1) is 9.54. The van der Waals surface area contributed by atoms with E-state index in [0.29, 0.717) is 6.04 Å². The van der Waals surface area contributed by atoms with Crippen molar-refractivity contribution in [1.82, 2.24) is 4.90 Å². The van der Waals surface area contributed by atoms with Crippen molar-refractivity contribution in [3.05, 3.63) is 33.4 Å². The molecule has 5 heteroatoms. The highest BCUT2D eigenvalue weighted by molar-refractivity contribution is 5.59. The van der Waals surface area contributed by atoms with Gasteiger partial charge in [-0.05, 0) is 44.7 Å². The van der Waals surface area contributed by atoms with Gasteiger partial charge in [-0.15, -0.1) is 0 Å². The summed E-state index contributed by atoms with van der Waals surface area (Å²) in [5.74, 6) is 0. The Morgan fingerprint density at radius 1 is 1.25 bits per heavy atom. The Kier molecular flexibility index (Phi) is 3.38. The van der Waals surface area contributed by atoms with E-state index in [9.17, 15) is 10.1 Å². The molecule has 0 radical (unpaired) electrons. The fourth-order valence-corrected chi connectivity index (χ4v) is 3.05. The maximum atomic E-state index is 10.9. The Morgan fingerprint density at radius 3 is 2.65 bits per heavy atom. The maximum absolute atomic E-state index is 10.9. The van der Waals surface area contributed by atoms with Crippen molar-refractivity contribution in [2.75, 3.05) is 18.4 Å². The van der Waals surface area contributed by atoms with E-state index in [1.54, 1.807) is 13.0 Å². The summed E-state index contributed by atoms with van der Waals surface area (Å²) in [6, 6.07) is 4.87. The van der Waals surface area contributed by atoms with Crippen molar-refractivity contribution in [2.24, 2.45) is 0 Å². The van der Waals surface area contributed by atoms with Crippen LogP contribution in [0.2, 0.25) is 0 Å². The second-order valence-corrected chi connectivity index (χ2v) is 6.07. The van der Waals surface area contributed by atoms with Crippen molar-refractivity contribution < 1.29 is 4.92 Å². The van der Waals surface area contributed by atoms with Gasteiger partial charge in [0.05, 0.1) is 4.92 Å². The lowest BCUT2D eigenvalue weighted by Gasteiger charge is -2.18. The normalized spacial score (nSPS) is 23.0. The lowest BCUT2D eigenvalue weighted by Crippen LogP contribution is -2.27. The Labute approximate surface area is 119 Å². The Bertz CT molecular complexity index is 540. The van der Waals surface area contributed by atoms with E-state index in [1.807, 2.05) is 13.0 Å². The van der Waals surface area contributed by atoms with Crippen LogP contribution in [0.3, 0.4) is 0 Å². The zero-order chi connectivity index (χ0) is 14.3. The molecule has 1 unspecified atom stereocenters. The Balaban J connectivity index is 1.71. The first-order valence-corrected chi connectivity index (χ1v) is 7.31. The van der Waals surface area contributed by atoms with Gasteiger partial charge in [-0.25, -0.2) is 0 Å². The molecule has 2 aliphatic rings. The minimum absolute atomic E-state index is 0.207. The number of nitro benzene ring substituents is 1. The molecule has 0 aromatic heterocycles. The second kappa shape index (κ2) is 5.05. The number of nitrogens with one attached hydrogen (secondary N) is 1. The topological polar surface area (TPSA) is 58.4 Å². The monoisotopic (exact) mass is 275 g/mol. The van der Waals surface area contributed by atoms with Crippen LogP contribution in [-0.2, 0) is 0 Å². The molecule has 0 amide bonds. The summed E-state index contributed by atoms with van der Waals surface area (Å²) >= 11 is 0. The zero-order valence-corrected chi connectivity index (χ0v) is 12.1. The molecule has 1 atom stereocenters. The molecule has 0 bridgehead atoms. The van der Waals surface area contributed by atoms with Crippen LogP contribution in [-0.4, -0.2) is 35.0 Å². The van der Waals surface area contributed by atoms with Crippen molar-refractivity contribution in [2.45, 2.75) is 45.2 Å². The highest BCUT2D eigenvalue weighted by atomic mass is 16.6. The van der Waals surface area contributed by atoms with Gasteiger partial charge in [-0.3, -0.25) is 15.0 Å². The van der Waals surface area contributed by atoms with E-state index >= 15 is 0 Å². The summed E-state index contributed by atoms with van der Waals surface area (Å²) in [4.78, 5) is 13.2. The minimum Gasteiger partial charge on any atom is -0.381 e. The SMILES string of the molecule is Cc1cc([N+](=O)[O-])c(C)cc1NC1CCN(C2CC2)C1. The van der Waals surface area contributed by atoms with Gasteiger partial charge in [0.2, 0.25) is 0 Å². The minimum atomic E-state index is -0.309. The molecule has 2 fully saturated rings. The van der Waals surface area contributed by atoms with E-state index < -0.39 is 0 Å². The van der Waals surface area contributed by atoms with Crippen LogP contribution in [0.4, 0.5) is 11.4 Å². The van der Waals surface area contributed by atoms with Gasteiger partial charge in [-0.2, -0.15) is 0 Å². The third-order valence-corrected chi connectivity index (χ3v) is 4.38. The largest absolute Gasteiger partial charge is 0.381 e. The summed E-state index contributed by atoms with van der Waals surface area (Å²) in [6.45, 7) is 6.00. The van der Waals surface area contributed by atoms with Crippen LogP contribution in [0.1, 0.15) is 30.4 Å². The number of benzene rings is 1. The van der Waals surface area contributed by atoms with Crippen molar-refractivity contribution in [1.29, 1.82) is 0 Å². The summed E-state index contributed by atoms with van der Waals surface area (Å²) < 4.78 is 0. The van der Waals surface area contributed by atoms with E-state index in [-0.39, 0.29) is 10.6 Å². The highest BCUT2D eigenvalue weighted by Gasteiger charge is 2.34. The predicted octanol–water partition coefficient (Wildman–Crippen LogP) is 2.86. The van der Waals surface area contributed by atoms with Crippen LogP contribution in [0.15, 0.2) is 12.1 Å². The standard InChI is InChI=1S/C15H21N3O2/c1-10-8-15(18(19)20)11(2)7-14(10)16-12-5-6-17(9-12)13-3-4-13/h7-8,12-13,16H,3-6,9H2,1-2H3. The smallest absolute Gasteiger partial charge is 0.272 e. The number of hydrogen-bond donors (Lipinski definition) is 1. The van der Waals surface area contributed by atoms with Gasteiger partial charge in [-0.1, -0.05) is 0 Å². The molecule has 1 heterocycles. The Morgan fingerprint density at radius 2 is 2.00 bits per heavy atom. The van der Waals surface area contributed by atoms with Crippen LogP contribution >= 0.6 is 0 Å².